The second-order valence-corrected chi connectivity index (χ2v) is 7.25. The summed E-state index contributed by atoms with van der Waals surface area (Å²) in [6, 6.07) is 3.29. The van der Waals surface area contributed by atoms with E-state index < -0.39 is 23.5 Å². The smallest absolute Gasteiger partial charge is 0.413 e. The van der Waals surface area contributed by atoms with Crippen molar-refractivity contribution in [3.05, 3.63) is 41.7 Å². The van der Waals surface area contributed by atoms with E-state index in [1.165, 1.54) is 22.9 Å². The number of nitrogens with one attached hydrogen (secondary N) is 2. The number of aromatic nitrogens is 2. The maximum atomic E-state index is 12.0. The van der Waals surface area contributed by atoms with Crippen molar-refractivity contribution in [2.75, 3.05) is 5.32 Å². The first-order chi connectivity index (χ1) is 12.5. The molecule has 0 radical (unpaired) electrons. The lowest BCUT2D eigenvalue weighted by Crippen LogP contribution is -2.30. The van der Waals surface area contributed by atoms with Crippen LogP contribution in [0.4, 0.5) is 10.6 Å². The van der Waals surface area contributed by atoms with Gasteiger partial charge in [0.15, 0.2) is 0 Å². The summed E-state index contributed by atoms with van der Waals surface area (Å²) < 4.78 is 5.15. The molecule has 2 rings (SSSR count). The molecule has 0 fully saturated rings. The maximum Gasteiger partial charge on any atom is 0.413 e. The molecule has 0 aromatic carbocycles. The summed E-state index contributed by atoms with van der Waals surface area (Å²) in [5.41, 5.74) is 4.97. The van der Waals surface area contributed by atoms with Crippen molar-refractivity contribution in [2.24, 2.45) is 5.73 Å². The highest BCUT2D eigenvalue weighted by Crippen LogP contribution is 2.24. The Morgan fingerprint density at radius 3 is 2.52 bits per heavy atom. The number of nitrogens with zero attached hydrogens (tertiary/aromatic N) is 2. The number of hydrogen-bond donors (Lipinski definition) is 3. The van der Waals surface area contributed by atoms with Crippen molar-refractivity contribution in [3.63, 3.8) is 0 Å². The molecule has 27 heavy (non-hydrogen) atoms. The van der Waals surface area contributed by atoms with Crippen LogP contribution in [0.25, 0.3) is 10.6 Å². The summed E-state index contributed by atoms with van der Waals surface area (Å²) in [6.07, 6.45) is 0.904. The second-order valence-electron chi connectivity index (χ2n) is 6.39. The van der Waals surface area contributed by atoms with Crippen LogP contribution in [-0.4, -0.2) is 33.5 Å². The van der Waals surface area contributed by atoms with Crippen LogP contribution in [0.15, 0.2) is 36.0 Å². The minimum atomic E-state index is -0.823. The van der Waals surface area contributed by atoms with E-state index in [4.69, 9.17) is 10.5 Å². The highest BCUT2D eigenvalue weighted by Gasteiger charge is 2.17. The fourth-order valence-corrected chi connectivity index (χ4v) is 2.57. The Kier molecular flexibility index (Phi) is 5.91. The highest BCUT2D eigenvalue weighted by atomic mass is 32.1. The van der Waals surface area contributed by atoms with Crippen LogP contribution in [-0.2, 0) is 9.53 Å². The first-order valence-electron chi connectivity index (χ1n) is 7.77. The molecule has 0 unspecified atom stereocenters. The number of thiazole rings is 1. The molecule has 2 aromatic rings. The van der Waals surface area contributed by atoms with E-state index in [0.29, 0.717) is 16.4 Å². The molecule has 2 heterocycles. The van der Waals surface area contributed by atoms with E-state index in [2.05, 4.69) is 27.2 Å². The van der Waals surface area contributed by atoms with Gasteiger partial charge in [0.1, 0.15) is 22.1 Å². The summed E-state index contributed by atoms with van der Waals surface area (Å²) in [4.78, 5) is 43.0. The Balaban J connectivity index is 2.04. The number of hydrogen-bond acceptors (Lipinski definition) is 7. The van der Waals surface area contributed by atoms with E-state index in [0.717, 1.165) is 0 Å². The van der Waals surface area contributed by atoms with Gasteiger partial charge < -0.3 is 15.8 Å². The Labute approximate surface area is 159 Å². The van der Waals surface area contributed by atoms with Crippen molar-refractivity contribution in [1.82, 2.24) is 15.3 Å². The summed E-state index contributed by atoms with van der Waals surface area (Å²) in [5.74, 6) is -1.09. The zero-order valence-electron chi connectivity index (χ0n) is 15.0. The largest absolute Gasteiger partial charge is 0.444 e. The monoisotopic (exact) mass is 389 g/mol. The lowest BCUT2D eigenvalue weighted by Gasteiger charge is -2.19. The van der Waals surface area contributed by atoms with Crippen LogP contribution in [0.3, 0.4) is 0 Å². The molecule has 0 atom stereocenters. The van der Waals surface area contributed by atoms with Crippen LogP contribution in [0, 0.1) is 0 Å². The van der Waals surface area contributed by atoms with E-state index in [1.54, 1.807) is 32.9 Å². The van der Waals surface area contributed by atoms with Gasteiger partial charge in [-0.1, -0.05) is 6.58 Å². The van der Waals surface area contributed by atoms with E-state index in [-0.39, 0.29) is 11.4 Å². The van der Waals surface area contributed by atoms with Crippen molar-refractivity contribution in [2.45, 2.75) is 26.4 Å². The van der Waals surface area contributed by atoms with Crippen molar-refractivity contribution in [1.29, 1.82) is 0 Å². The molecule has 3 amide bonds. The minimum absolute atomic E-state index is 0.119. The predicted molar refractivity (Wildman–Crippen MR) is 101 cm³/mol. The third-order valence-electron chi connectivity index (χ3n) is 2.94. The third kappa shape index (κ3) is 5.89. The highest BCUT2D eigenvalue weighted by molar-refractivity contribution is 7.13. The normalized spacial score (nSPS) is 10.8. The Morgan fingerprint density at radius 1 is 1.26 bits per heavy atom. The number of nitrogens with two attached hydrogens (primary N) is 1. The van der Waals surface area contributed by atoms with Gasteiger partial charge in [-0.3, -0.25) is 14.9 Å². The van der Waals surface area contributed by atoms with Crippen LogP contribution in [0.2, 0.25) is 0 Å². The summed E-state index contributed by atoms with van der Waals surface area (Å²) >= 11 is 1.22. The molecule has 142 valence electrons. The molecule has 0 aliphatic rings. The molecule has 0 aliphatic heterocycles. The first-order valence-corrected chi connectivity index (χ1v) is 8.65. The molecule has 0 saturated carbocycles. The van der Waals surface area contributed by atoms with Gasteiger partial charge in [-0.2, -0.15) is 0 Å². The second kappa shape index (κ2) is 7.96. The maximum absolute atomic E-state index is 12.0. The molecule has 0 bridgehead atoms. The quantitative estimate of drug-likeness (QED) is 0.671. The van der Waals surface area contributed by atoms with Crippen molar-refractivity contribution >= 4 is 35.1 Å². The number of carbonyl (C=O) groups is 3. The fourth-order valence-electron chi connectivity index (χ4n) is 1.78. The molecule has 0 aliphatic carbocycles. The topological polar surface area (TPSA) is 136 Å². The molecule has 10 heteroatoms. The molecule has 0 spiro atoms. The Bertz CT molecular complexity index is 883. The fraction of sp³-hybridized carbons (Fsp3) is 0.235. The molecular weight excluding hydrogens is 370 g/mol. The van der Waals surface area contributed by atoms with Gasteiger partial charge in [-0.25, -0.2) is 14.8 Å². The summed E-state index contributed by atoms with van der Waals surface area (Å²) in [5, 5.41) is 6.87. The van der Waals surface area contributed by atoms with Gasteiger partial charge in [0.2, 0.25) is 0 Å². The van der Waals surface area contributed by atoms with Gasteiger partial charge in [0, 0.05) is 17.1 Å². The molecule has 2 aromatic heterocycles. The van der Waals surface area contributed by atoms with E-state index in [1.807, 2.05) is 0 Å². The lowest BCUT2D eigenvalue weighted by molar-refractivity contribution is -0.114. The number of rotatable bonds is 5. The zero-order valence-corrected chi connectivity index (χ0v) is 15.8. The average molecular weight is 389 g/mol. The Hall–Kier alpha value is -3.27. The Morgan fingerprint density at radius 2 is 1.96 bits per heavy atom. The molecule has 0 saturated heterocycles. The van der Waals surface area contributed by atoms with Gasteiger partial charge in [-0.15, -0.1) is 11.3 Å². The van der Waals surface area contributed by atoms with Crippen molar-refractivity contribution in [3.8, 4) is 10.6 Å². The molecular formula is C17H19N5O4S. The first kappa shape index (κ1) is 20.0. The molecule has 9 nitrogen and oxygen atoms in total. The number of amides is 3. The third-order valence-corrected chi connectivity index (χ3v) is 3.83. The van der Waals surface area contributed by atoms with Gasteiger partial charge in [0.25, 0.3) is 11.8 Å². The summed E-state index contributed by atoms with van der Waals surface area (Å²) in [7, 11) is 0. The van der Waals surface area contributed by atoms with Crippen molar-refractivity contribution < 1.29 is 19.1 Å². The summed E-state index contributed by atoms with van der Waals surface area (Å²) in [6.45, 7) is 8.64. The predicted octanol–water partition coefficient (Wildman–Crippen LogP) is 2.28. The van der Waals surface area contributed by atoms with E-state index >= 15 is 0 Å². The number of primary amides is 1. The average Bonchev–Trinajstić information content (AvgIpc) is 3.03. The number of ether oxygens (including phenoxy) is 1. The van der Waals surface area contributed by atoms with Crippen LogP contribution >= 0.6 is 11.3 Å². The number of anilines is 1. The number of pyridine rings is 1. The zero-order chi connectivity index (χ0) is 20.2. The lowest BCUT2D eigenvalue weighted by atomic mass is 10.2. The molecule has 4 N–H and O–H groups in total. The van der Waals surface area contributed by atoms with Gasteiger partial charge in [-0.05, 0) is 32.9 Å². The standard InChI is InChI=1S/C17H19N5O4S/c1-9(13(18)23)20-14(24)11-8-27-15(21-11)10-5-6-12(19-7-10)22-16(25)26-17(2,3)4/h5-8H,1H2,2-4H3,(H2,18,23)(H,20,24)(H,19,22,25). The van der Waals surface area contributed by atoms with E-state index in [9.17, 15) is 14.4 Å². The minimum Gasteiger partial charge on any atom is -0.444 e. The SMILES string of the molecule is C=C(NC(=O)c1csc(-c2ccc(NC(=O)OC(C)(C)C)nc2)n1)C(N)=O. The van der Waals surface area contributed by atoms with Crippen LogP contribution in [0.5, 0.6) is 0 Å². The number of carbonyl (C=O) groups excluding carboxylic acids is 3. The van der Waals surface area contributed by atoms with Crippen LogP contribution < -0.4 is 16.4 Å². The van der Waals surface area contributed by atoms with Gasteiger partial charge in [0.05, 0.1) is 5.70 Å². The van der Waals surface area contributed by atoms with Gasteiger partial charge >= 0.3 is 6.09 Å². The van der Waals surface area contributed by atoms with Crippen LogP contribution in [0.1, 0.15) is 31.3 Å².